The van der Waals surface area contributed by atoms with Crippen LogP contribution >= 0.6 is 0 Å². The van der Waals surface area contributed by atoms with Gasteiger partial charge in [0, 0.05) is 18.9 Å². The predicted octanol–water partition coefficient (Wildman–Crippen LogP) is -0.00970. The van der Waals surface area contributed by atoms with E-state index >= 15 is 0 Å². The lowest BCUT2D eigenvalue weighted by molar-refractivity contribution is -0.154. The van der Waals surface area contributed by atoms with Gasteiger partial charge in [-0.2, -0.15) is 0 Å². The number of amides is 1. The molecule has 1 heterocycles. The second-order valence-electron chi connectivity index (χ2n) is 3.80. The third kappa shape index (κ3) is 2.65. The van der Waals surface area contributed by atoms with E-state index in [2.05, 4.69) is 0 Å². The summed E-state index contributed by atoms with van der Waals surface area (Å²) in [6, 6.07) is 0. The van der Waals surface area contributed by atoms with E-state index in [1.807, 2.05) is 0 Å². The van der Waals surface area contributed by atoms with Crippen molar-refractivity contribution in [2.45, 2.75) is 25.7 Å². The van der Waals surface area contributed by atoms with E-state index in [9.17, 15) is 9.59 Å². The maximum atomic E-state index is 11.0. The Morgan fingerprint density at radius 2 is 2.29 bits per heavy atom. The molecule has 2 aliphatic rings. The molecule has 2 atom stereocenters. The van der Waals surface area contributed by atoms with Crippen LogP contribution < -0.4 is 5.73 Å². The zero-order valence-corrected chi connectivity index (χ0v) is 9.34. The fraction of sp³-hybridized carbons (Fsp3) is 0.455. The number of allylic oxidation sites excluding steroid dienone is 2. The Kier molecular flexibility index (Phi) is 3.14. The van der Waals surface area contributed by atoms with Gasteiger partial charge in [-0.25, -0.2) is 0 Å². The Balaban J connectivity index is 1.93. The third-order valence-corrected chi connectivity index (χ3v) is 2.49. The SMILES string of the molecule is CC(=O)OCC1OC2=CC=C(C(N)=O)CC2O1. The zero-order valence-electron chi connectivity index (χ0n) is 9.34. The molecule has 0 spiro atoms. The summed E-state index contributed by atoms with van der Waals surface area (Å²) in [5, 5.41) is 0. The van der Waals surface area contributed by atoms with Crippen molar-refractivity contribution in [3.8, 4) is 0 Å². The van der Waals surface area contributed by atoms with Crippen LogP contribution in [0, 0.1) is 0 Å². The summed E-state index contributed by atoms with van der Waals surface area (Å²) in [6.07, 6.45) is 2.73. The summed E-state index contributed by atoms with van der Waals surface area (Å²) in [5.41, 5.74) is 5.68. The van der Waals surface area contributed by atoms with Gasteiger partial charge in [-0.1, -0.05) is 6.08 Å². The summed E-state index contributed by atoms with van der Waals surface area (Å²) in [7, 11) is 0. The van der Waals surface area contributed by atoms with Crippen LogP contribution in [-0.2, 0) is 23.8 Å². The Labute approximate surface area is 98.0 Å². The fourth-order valence-corrected chi connectivity index (χ4v) is 1.69. The molecule has 1 fully saturated rings. The van der Waals surface area contributed by atoms with E-state index in [-0.39, 0.29) is 12.7 Å². The number of carbonyl (C=O) groups excluding carboxylic acids is 2. The summed E-state index contributed by atoms with van der Waals surface area (Å²) in [4.78, 5) is 21.6. The molecule has 0 aromatic rings. The van der Waals surface area contributed by atoms with Crippen molar-refractivity contribution >= 4 is 11.9 Å². The van der Waals surface area contributed by atoms with Crippen LogP contribution in [0.1, 0.15) is 13.3 Å². The molecule has 6 nitrogen and oxygen atoms in total. The highest BCUT2D eigenvalue weighted by atomic mass is 16.7. The van der Waals surface area contributed by atoms with Gasteiger partial charge in [0.2, 0.25) is 12.2 Å². The summed E-state index contributed by atoms with van der Waals surface area (Å²) in [6.45, 7) is 1.35. The molecule has 0 saturated carbocycles. The third-order valence-electron chi connectivity index (χ3n) is 2.49. The number of hydrogen-bond acceptors (Lipinski definition) is 5. The number of ether oxygens (including phenoxy) is 3. The molecule has 1 aliphatic carbocycles. The number of primary amides is 1. The van der Waals surface area contributed by atoms with Crippen LogP contribution in [0.5, 0.6) is 0 Å². The first-order valence-corrected chi connectivity index (χ1v) is 5.22. The molecule has 17 heavy (non-hydrogen) atoms. The molecular formula is C11H13NO5. The maximum absolute atomic E-state index is 11.0. The molecule has 2 N–H and O–H groups in total. The smallest absolute Gasteiger partial charge is 0.302 e. The molecule has 6 heteroatoms. The second-order valence-corrected chi connectivity index (χ2v) is 3.80. The fourth-order valence-electron chi connectivity index (χ4n) is 1.69. The Morgan fingerprint density at radius 3 is 2.94 bits per heavy atom. The van der Waals surface area contributed by atoms with Gasteiger partial charge in [0.15, 0.2) is 6.61 Å². The number of rotatable bonds is 3. The van der Waals surface area contributed by atoms with Gasteiger partial charge in [-0.3, -0.25) is 9.59 Å². The van der Waals surface area contributed by atoms with E-state index in [1.54, 1.807) is 12.2 Å². The number of nitrogens with two attached hydrogens (primary N) is 1. The highest BCUT2D eigenvalue weighted by Crippen LogP contribution is 2.30. The van der Waals surface area contributed by atoms with Crippen LogP contribution in [-0.4, -0.2) is 30.9 Å². The molecule has 0 aromatic heterocycles. The molecule has 2 unspecified atom stereocenters. The number of esters is 1. The first kappa shape index (κ1) is 11.7. The van der Waals surface area contributed by atoms with Crippen molar-refractivity contribution in [1.29, 1.82) is 0 Å². The highest BCUT2D eigenvalue weighted by Gasteiger charge is 2.35. The van der Waals surface area contributed by atoms with Gasteiger partial charge in [-0.15, -0.1) is 0 Å². The zero-order chi connectivity index (χ0) is 12.4. The van der Waals surface area contributed by atoms with Crippen molar-refractivity contribution in [3.05, 3.63) is 23.5 Å². The molecule has 1 saturated heterocycles. The predicted molar refractivity (Wildman–Crippen MR) is 56.4 cm³/mol. The minimum absolute atomic E-state index is 0.0368. The lowest BCUT2D eigenvalue weighted by atomic mass is 10.0. The standard InChI is InChI=1S/C11H13NO5/c1-6(13)15-5-10-16-8-3-2-7(11(12)14)4-9(8)17-10/h2-3,9-10H,4-5H2,1H3,(H2,12,14). The van der Waals surface area contributed by atoms with Crippen LogP contribution in [0.3, 0.4) is 0 Å². The largest absolute Gasteiger partial charge is 0.463 e. The van der Waals surface area contributed by atoms with E-state index in [0.29, 0.717) is 17.8 Å². The quantitative estimate of drug-likeness (QED) is 0.700. The Hall–Kier alpha value is -1.82. The number of carbonyl (C=O) groups is 2. The number of hydrogen-bond donors (Lipinski definition) is 1. The average Bonchev–Trinajstić information content (AvgIpc) is 2.67. The van der Waals surface area contributed by atoms with Crippen LogP contribution in [0.15, 0.2) is 23.5 Å². The molecule has 92 valence electrons. The summed E-state index contributed by atoms with van der Waals surface area (Å²) >= 11 is 0. The van der Waals surface area contributed by atoms with Gasteiger partial charge in [0.1, 0.15) is 11.9 Å². The van der Waals surface area contributed by atoms with Gasteiger partial charge < -0.3 is 19.9 Å². The van der Waals surface area contributed by atoms with Gasteiger partial charge in [0.25, 0.3) is 0 Å². The lowest BCUT2D eigenvalue weighted by Crippen LogP contribution is -2.23. The van der Waals surface area contributed by atoms with Crippen molar-refractivity contribution in [3.63, 3.8) is 0 Å². The topological polar surface area (TPSA) is 87.9 Å². The minimum atomic E-state index is -0.615. The molecule has 0 bridgehead atoms. The summed E-state index contributed by atoms with van der Waals surface area (Å²) < 4.78 is 15.7. The normalized spacial score (nSPS) is 26.4. The Bertz CT molecular complexity index is 412. The van der Waals surface area contributed by atoms with Crippen molar-refractivity contribution in [2.75, 3.05) is 6.61 Å². The Morgan fingerprint density at radius 1 is 1.53 bits per heavy atom. The van der Waals surface area contributed by atoms with Crippen LogP contribution in [0.2, 0.25) is 0 Å². The maximum Gasteiger partial charge on any atom is 0.302 e. The first-order chi connectivity index (χ1) is 8.06. The molecule has 1 aliphatic heterocycles. The van der Waals surface area contributed by atoms with E-state index in [1.165, 1.54) is 6.92 Å². The van der Waals surface area contributed by atoms with Crippen molar-refractivity contribution in [2.24, 2.45) is 5.73 Å². The van der Waals surface area contributed by atoms with Gasteiger partial charge >= 0.3 is 5.97 Å². The molecule has 0 aromatic carbocycles. The van der Waals surface area contributed by atoms with E-state index in [4.69, 9.17) is 19.9 Å². The van der Waals surface area contributed by atoms with Gasteiger partial charge in [0.05, 0.1) is 0 Å². The van der Waals surface area contributed by atoms with Gasteiger partial charge in [-0.05, 0) is 6.08 Å². The molecule has 1 amide bonds. The van der Waals surface area contributed by atoms with Crippen LogP contribution in [0.25, 0.3) is 0 Å². The molecular weight excluding hydrogens is 226 g/mol. The summed E-state index contributed by atoms with van der Waals surface area (Å²) in [5.74, 6) is -0.225. The monoisotopic (exact) mass is 239 g/mol. The second kappa shape index (κ2) is 4.58. The molecule has 0 radical (unpaired) electrons. The highest BCUT2D eigenvalue weighted by molar-refractivity contribution is 5.92. The first-order valence-electron chi connectivity index (χ1n) is 5.22. The average molecular weight is 239 g/mol. The number of fused-ring (bicyclic) bond motifs is 1. The van der Waals surface area contributed by atoms with E-state index < -0.39 is 18.2 Å². The van der Waals surface area contributed by atoms with E-state index in [0.717, 1.165) is 0 Å². The van der Waals surface area contributed by atoms with Crippen LogP contribution in [0.4, 0.5) is 0 Å². The van der Waals surface area contributed by atoms with Crippen molar-refractivity contribution in [1.82, 2.24) is 0 Å². The minimum Gasteiger partial charge on any atom is -0.463 e. The lowest BCUT2D eigenvalue weighted by Gasteiger charge is -2.13. The van der Waals surface area contributed by atoms with Crippen molar-refractivity contribution < 1.29 is 23.8 Å². The molecule has 2 rings (SSSR count).